The van der Waals surface area contributed by atoms with Gasteiger partial charge in [0.15, 0.2) is 0 Å². The summed E-state index contributed by atoms with van der Waals surface area (Å²) in [6, 6.07) is 0. The second-order valence-corrected chi connectivity index (χ2v) is 9.05. The summed E-state index contributed by atoms with van der Waals surface area (Å²) in [4.78, 5) is 0. The Labute approximate surface area is 136 Å². The van der Waals surface area contributed by atoms with Crippen LogP contribution >= 0.6 is 23.5 Å². The third kappa shape index (κ3) is 5.01. The fourth-order valence-corrected chi connectivity index (χ4v) is 6.54. The van der Waals surface area contributed by atoms with Crippen LogP contribution in [0.25, 0.3) is 0 Å². The highest BCUT2D eigenvalue weighted by Crippen LogP contribution is 2.49. The lowest BCUT2D eigenvalue weighted by Gasteiger charge is -2.40. The van der Waals surface area contributed by atoms with Gasteiger partial charge in [-0.3, -0.25) is 0 Å². The zero-order valence-corrected chi connectivity index (χ0v) is 14.2. The van der Waals surface area contributed by atoms with Gasteiger partial charge >= 0.3 is 0 Å². The summed E-state index contributed by atoms with van der Waals surface area (Å²) in [6.07, 6.45) is 5.23. The molecule has 6 heteroatoms. The zero-order valence-electron chi connectivity index (χ0n) is 12.6. The van der Waals surface area contributed by atoms with E-state index in [0.717, 1.165) is 52.5 Å². The first kappa shape index (κ1) is 16.4. The van der Waals surface area contributed by atoms with E-state index in [9.17, 15) is 0 Å². The van der Waals surface area contributed by atoms with Gasteiger partial charge in [0, 0.05) is 0 Å². The lowest BCUT2D eigenvalue weighted by atomic mass is 10.1. The van der Waals surface area contributed by atoms with E-state index >= 15 is 0 Å². The van der Waals surface area contributed by atoms with Gasteiger partial charge in [-0.05, 0) is 37.2 Å². The van der Waals surface area contributed by atoms with Crippen LogP contribution in [0, 0.1) is 0 Å². The maximum Gasteiger partial charge on any atom is 0.0831 e. The lowest BCUT2D eigenvalue weighted by Crippen LogP contribution is -2.38. The third-order valence-electron chi connectivity index (χ3n) is 4.17. The van der Waals surface area contributed by atoms with Crippen LogP contribution < -0.4 is 0 Å². The van der Waals surface area contributed by atoms with Crippen molar-refractivity contribution in [2.75, 3.05) is 51.1 Å². The number of ether oxygens (including phenoxy) is 4. The maximum absolute atomic E-state index is 5.89. The number of hydrogen-bond donors (Lipinski definition) is 0. The van der Waals surface area contributed by atoms with Gasteiger partial charge < -0.3 is 18.9 Å². The molecule has 3 aliphatic rings. The summed E-state index contributed by atoms with van der Waals surface area (Å²) in [5, 5.41) is 0. The van der Waals surface area contributed by atoms with E-state index in [-0.39, 0.29) is 16.3 Å². The average Bonchev–Trinajstić information content (AvgIpc) is 2.56. The van der Waals surface area contributed by atoms with Gasteiger partial charge in [0.25, 0.3) is 0 Å². The van der Waals surface area contributed by atoms with E-state index in [4.69, 9.17) is 18.9 Å². The molecule has 0 saturated carbocycles. The Hall–Kier alpha value is 0.540. The minimum absolute atomic E-state index is 0.264. The van der Waals surface area contributed by atoms with Crippen molar-refractivity contribution >= 4 is 23.5 Å². The molecule has 0 aromatic heterocycles. The van der Waals surface area contributed by atoms with Gasteiger partial charge in [-0.25, -0.2) is 0 Å². The van der Waals surface area contributed by atoms with Crippen LogP contribution in [0.4, 0.5) is 0 Å². The monoisotopic (exact) mass is 334 g/mol. The SMILES string of the molecule is C1CSC(CC[C@@H]2COCCO2)(C[C@@H]2COCCO2)SC1. The Balaban J connectivity index is 1.53. The summed E-state index contributed by atoms with van der Waals surface area (Å²) >= 11 is 4.25. The van der Waals surface area contributed by atoms with Crippen LogP contribution in [0.1, 0.15) is 25.7 Å². The van der Waals surface area contributed by atoms with Gasteiger partial charge in [-0.2, -0.15) is 0 Å². The molecule has 0 aliphatic carbocycles. The Morgan fingerprint density at radius 3 is 2.14 bits per heavy atom. The maximum atomic E-state index is 5.89. The highest BCUT2D eigenvalue weighted by Gasteiger charge is 2.37. The van der Waals surface area contributed by atoms with Crippen molar-refractivity contribution in [2.45, 2.75) is 42.0 Å². The molecule has 0 aromatic rings. The fourth-order valence-electron chi connectivity index (χ4n) is 3.07. The Morgan fingerprint density at radius 2 is 1.52 bits per heavy atom. The predicted octanol–water partition coefficient (Wildman–Crippen LogP) is 2.55. The molecule has 3 aliphatic heterocycles. The molecule has 0 amide bonds. The van der Waals surface area contributed by atoms with Crippen LogP contribution in [0.2, 0.25) is 0 Å². The van der Waals surface area contributed by atoms with Crippen LogP contribution in [0.5, 0.6) is 0 Å². The molecule has 0 radical (unpaired) electrons. The van der Waals surface area contributed by atoms with E-state index in [1.165, 1.54) is 24.3 Å². The summed E-state index contributed by atoms with van der Waals surface area (Å²) in [6.45, 7) is 4.50. The second-order valence-electron chi connectivity index (χ2n) is 5.84. The highest BCUT2D eigenvalue weighted by atomic mass is 32.2. The molecule has 4 nitrogen and oxygen atoms in total. The topological polar surface area (TPSA) is 36.9 Å². The van der Waals surface area contributed by atoms with Gasteiger partial charge in [0.05, 0.1) is 55.9 Å². The van der Waals surface area contributed by atoms with Crippen LogP contribution in [-0.4, -0.2) is 67.4 Å². The second kappa shape index (κ2) is 8.41. The minimum Gasteiger partial charge on any atom is -0.376 e. The van der Waals surface area contributed by atoms with Crippen LogP contribution in [0.15, 0.2) is 0 Å². The van der Waals surface area contributed by atoms with Gasteiger partial charge in [-0.15, -0.1) is 23.5 Å². The summed E-state index contributed by atoms with van der Waals surface area (Å²) in [5.74, 6) is 2.53. The molecule has 3 rings (SSSR count). The summed E-state index contributed by atoms with van der Waals surface area (Å²) < 4.78 is 23.1. The standard InChI is InChI=1S/C15H26O4S2/c1-8-20-15(21-9-1,10-14-12-17-5-7-19-14)3-2-13-11-16-4-6-18-13/h13-14H,1-12H2/t13-,14-/m1/s1. The van der Waals surface area contributed by atoms with E-state index in [1.54, 1.807) is 0 Å². The molecule has 3 heterocycles. The van der Waals surface area contributed by atoms with E-state index < -0.39 is 0 Å². The molecule has 3 fully saturated rings. The summed E-state index contributed by atoms with van der Waals surface area (Å²) in [5.41, 5.74) is 0. The van der Waals surface area contributed by atoms with Gasteiger partial charge in [0.2, 0.25) is 0 Å². The molecular formula is C15H26O4S2. The lowest BCUT2D eigenvalue weighted by molar-refractivity contribution is -0.0967. The molecular weight excluding hydrogens is 308 g/mol. The Morgan fingerprint density at radius 1 is 0.857 bits per heavy atom. The molecule has 2 atom stereocenters. The van der Waals surface area contributed by atoms with Gasteiger partial charge in [-0.1, -0.05) is 0 Å². The van der Waals surface area contributed by atoms with Crippen molar-refractivity contribution in [3.8, 4) is 0 Å². The van der Waals surface area contributed by atoms with Crippen molar-refractivity contribution in [1.82, 2.24) is 0 Å². The Kier molecular flexibility index (Phi) is 6.57. The summed E-state index contributed by atoms with van der Waals surface area (Å²) in [7, 11) is 0. The molecule has 0 aromatic carbocycles. The zero-order chi connectivity index (χ0) is 14.4. The molecule has 0 unspecified atom stereocenters. The molecule has 21 heavy (non-hydrogen) atoms. The smallest absolute Gasteiger partial charge is 0.0831 e. The van der Waals surface area contributed by atoms with Gasteiger partial charge in [0.1, 0.15) is 0 Å². The molecule has 0 bridgehead atoms. The number of hydrogen-bond acceptors (Lipinski definition) is 6. The molecule has 0 spiro atoms. The first-order valence-electron chi connectivity index (χ1n) is 8.03. The highest BCUT2D eigenvalue weighted by molar-refractivity contribution is 8.18. The fraction of sp³-hybridized carbons (Fsp3) is 1.00. The van der Waals surface area contributed by atoms with Crippen molar-refractivity contribution in [2.24, 2.45) is 0 Å². The number of thioether (sulfide) groups is 2. The minimum atomic E-state index is 0.264. The quantitative estimate of drug-likeness (QED) is 0.769. The van der Waals surface area contributed by atoms with Crippen molar-refractivity contribution in [3.63, 3.8) is 0 Å². The van der Waals surface area contributed by atoms with E-state index in [1.807, 2.05) is 0 Å². The van der Waals surface area contributed by atoms with Crippen LogP contribution in [-0.2, 0) is 18.9 Å². The van der Waals surface area contributed by atoms with Crippen molar-refractivity contribution in [3.05, 3.63) is 0 Å². The average molecular weight is 335 g/mol. The van der Waals surface area contributed by atoms with E-state index in [2.05, 4.69) is 23.5 Å². The van der Waals surface area contributed by atoms with Crippen molar-refractivity contribution in [1.29, 1.82) is 0 Å². The molecule has 122 valence electrons. The van der Waals surface area contributed by atoms with Crippen molar-refractivity contribution < 1.29 is 18.9 Å². The molecule has 3 saturated heterocycles. The van der Waals surface area contributed by atoms with Crippen LogP contribution in [0.3, 0.4) is 0 Å². The van der Waals surface area contributed by atoms with E-state index in [0.29, 0.717) is 0 Å². The third-order valence-corrected chi connectivity index (χ3v) is 7.66. The first-order valence-corrected chi connectivity index (χ1v) is 10.0. The predicted molar refractivity (Wildman–Crippen MR) is 87.2 cm³/mol. The molecule has 0 N–H and O–H groups in total. The largest absolute Gasteiger partial charge is 0.376 e. The Bertz CT molecular complexity index is 298. The normalized spacial score (nSPS) is 33.7. The number of rotatable bonds is 5. The first-order chi connectivity index (χ1) is 10.4.